The van der Waals surface area contributed by atoms with Gasteiger partial charge in [-0.25, -0.2) is 17.8 Å². The van der Waals surface area contributed by atoms with Crippen LogP contribution in [0.25, 0.3) is 11.4 Å². The van der Waals surface area contributed by atoms with Gasteiger partial charge in [0.2, 0.25) is 0 Å². The number of sulfone groups is 1. The molecule has 0 aliphatic carbocycles. The van der Waals surface area contributed by atoms with Crippen molar-refractivity contribution >= 4 is 92.1 Å². The Morgan fingerprint density at radius 2 is 1.02 bits per heavy atom. The van der Waals surface area contributed by atoms with Crippen LogP contribution in [0, 0.1) is 13.8 Å². The van der Waals surface area contributed by atoms with Crippen molar-refractivity contribution in [3.8, 4) is 11.4 Å². The number of aromatic nitrogens is 6. The standard InChI is InChI=1S/C21H23ClN4O3S.C20H20BrClN4O.C5H13N.2CHF3O3S.CH4O2S.CH4.Cu.Na/c1-4-5-20(15-10-18(12-23-11-15)30(3,28)29)25-21(27)19-13-24-26(14(19)2)17-8-6-16(22)7-9-17;1-3-4-19(14-9-15(21)11-23-10-14)25-20(27)18-12-24-26(13(18)2)17-7-5-16(22)6-8-17;1-3-4-5-6-2;2*2-1(3,4)8(5,6)7;1-4(2)3;;;/h6-13,20H,4-5H2,1-3H3,(H,25,27);5-12,19H,3-4H2,1-2H3,(H,25,27);6H,3-5H2,1-2H3;2*(H,5,6,7);1H3,(H,2,3);1H4;;/q;;;;;;;;+1/p-1. The summed E-state index contributed by atoms with van der Waals surface area (Å²) >= 11 is 13.5. The van der Waals surface area contributed by atoms with Gasteiger partial charge in [0.25, 0.3) is 11.8 Å². The summed E-state index contributed by atoms with van der Waals surface area (Å²) in [5.41, 5.74) is -5.33. The predicted octanol–water partition coefficient (Wildman–Crippen LogP) is 8.09. The van der Waals surface area contributed by atoms with Crippen molar-refractivity contribution in [3.05, 3.63) is 146 Å². The van der Waals surface area contributed by atoms with E-state index in [2.05, 4.69) is 65.9 Å². The van der Waals surface area contributed by atoms with Gasteiger partial charge in [0.15, 0.2) is 9.84 Å². The van der Waals surface area contributed by atoms with Crippen molar-refractivity contribution in [2.75, 3.05) is 26.1 Å². The van der Waals surface area contributed by atoms with Crippen LogP contribution in [0.1, 0.15) is 122 Å². The first-order valence-electron chi connectivity index (χ1n) is 24.1. The normalized spacial score (nSPS) is 12.1. The number of carbonyl (C=O) groups is 2. The molecule has 5 N–H and O–H groups in total. The minimum absolute atomic E-state index is 0. The van der Waals surface area contributed by atoms with Crippen LogP contribution in [0.2, 0.25) is 10.0 Å². The fraction of sp³-hybridized carbons (Fsp3) is 0.400. The van der Waals surface area contributed by atoms with E-state index < -0.39 is 52.2 Å². The average molecular weight is 1460 g/mol. The van der Waals surface area contributed by atoms with Gasteiger partial charge in [-0.2, -0.15) is 53.4 Å². The van der Waals surface area contributed by atoms with Gasteiger partial charge in [0.1, 0.15) is 0 Å². The number of benzene rings is 2. The van der Waals surface area contributed by atoms with Crippen LogP contribution >= 0.6 is 39.1 Å². The van der Waals surface area contributed by atoms with Gasteiger partial charge in [-0.1, -0.05) is 81.7 Å². The number of nitrogens with one attached hydrogen (secondary N) is 3. The largest absolute Gasteiger partial charge is 1.00 e. The zero-order valence-corrected chi connectivity index (χ0v) is 56.1. The summed E-state index contributed by atoms with van der Waals surface area (Å²) < 4.78 is 161. The topological polar surface area (TPSA) is 315 Å². The van der Waals surface area contributed by atoms with Gasteiger partial charge >= 0.3 is 60.8 Å². The second-order valence-corrected chi connectivity index (χ2v) is 24.5. The molecule has 0 saturated heterocycles. The van der Waals surface area contributed by atoms with E-state index in [1.165, 1.54) is 25.2 Å². The van der Waals surface area contributed by atoms with Crippen molar-refractivity contribution in [1.82, 2.24) is 45.5 Å². The van der Waals surface area contributed by atoms with Crippen LogP contribution in [0.15, 0.2) is 107 Å². The second kappa shape index (κ2) is 40.7. The van der Waals surface area contributed by atoms with Crippen molar-refractivity contribution in [1.29, 1.82) is 0 Å². The number of amides is 2. The summed E-state index contributed by atoms with van der Waals surface area (Å²) in [6, 6.07) is 17.6. The molecule has 0 aliphatic rings. The van der Waals surface area contributed by atoms with Gasteiger partial charge in [-0.15, -0.1) is 0 Å². The number of nitrogens with zero attached hydrogens (tertiary/aromatic N) is 6. The van der Waals surface area contributed by atoms with Crippen molar-refractivity contribution in [2.45, 2.75) is 109 Å². The first-order valence-corrected chi connectivity index (χ1v) is 31.9. The van der Waals surface area contributed by atoms with E-state index in [-0.39, 0.29) is 82.8 Å². The Morgan fingerprint density at radius 3 is 1.30 bits per heavy atom. The van der Waals surface area contributed by atoms with Crippen LogP contribution in [0.4, 0.5) is 26.3 Å². The predicted molar refractivity (Wildman–Crippen MR) is 312 cm³/mol. The number of carbonyl (C=O) groups excluding carboxylic acids is 2. The molecule has 4 aromatic heterocycles. The van der Waals surface area contributed by atoms with Gasteiger partial charge in [-0.05, 0) is 141 Å². The monoisotopic (exact) mass is 1460 g/mol. The smallest absolute Gasteiger partial charge is 0.773 e. The molecule has 0 bridgehead atoms. The summed E-state index contributed by atoms with van der Waals surface area (Å²) in [6.07, 6.45) is 17.6. The Labute approximate surface area is 550 Å². The van der Waals surface area contributed by atoms with Crippen LogP contribution < -0.4 is 45.5 Å². The first-order chi connectivity index (χ1) is 38.3. The number of pyridine rings is 2. The quantitative estimate of drug-likeness (QED) is 0.0153. The SMILES string of the molecule is C.CCCC(NC(=O)c1cnn(-c2ccc(Cl)cc2)c1C)c1cncc(Br)c1.CCCC(NC(=O)c1cnn(-c2ccc(Cl)cc2)c1C)c1cncc(S(C)(=O)=O)c1.CCCCNC.CS(=O)[O-].O=S(=O)(O)C(F)(F)F.O=S(=O)(O)C(F)(F)F.[Cu].[Na+]. The van der Waals surface area contributed by atoms with E-state index in [4.69, 9.17) is 57.9 Å². The summed E-state index contributed by atoms with van der Waals surface area (Å²) in [5.74, 6) is -0.429. The minimum atomic E-state index is -5.84. The van der Waals surface area contributed by atoms with Crippen LogP contribution in [0.3, 0.4) is 0 Å². The van der Waals surface area contributed by atoms with Crippen LogP contribution in [0.5, 0.6) is 0 Å². The van der Waals surface area contributed by atoms with Crippen molar-refractivity contribution < 1.29 is 126 Å². The molecule has 36 heteroatoms. The summed E-state index contributed by atoms with van der Waals surface area (Å²) in [5, 5.41) is 19.2. The van der Waals surface area contributed by atoms with Gasteiger partial charge in [0, 0.05) is 62.6 Å². The third kappa shape index (κ3) is 31.0. The molecular weight excluding hydrogens is 1400 g/mol. The minimum Gasteiger partial charge on any atom is -0.773 e. The van der Waals surface area contributed by atoms with Gasteiger partial charge < -0.3 is 20.5 Å². The molecule has 0 saturated carbocycles. The van der Waals surface area contributed by atoms with Crippen LogP contribution in [-0.4, -0.2) is 122 Å². The number of halogens is 9. The molecular formula is C50H65BrCl2CuF6N9NaO12S4. The molecule has 2 aromatic carbocycles. The van der Waals surface area contributed by atoms with E-state index in [0.717, 1.165) is 65.4 Å². The molecule has 6 aromatic rings. The van der Waals surface area contributed by atoms with E-state index in [0.29, 0.717) is 38.9 Å². The molecule has 1 radical (unpaired) electrons. The Kier molecular flexibility index (Phi) is 40.8. The number of hydrogen-bond acceptors (Lipinski definition) is 15. The van der Waals surface area contributed by atoms with Gasteiger partial charge in [-0.3, -0.25) is 32.9 Å². The molecule has 0 fully saturated rings. The molecule has 3 unspecified atom stereocenters. The average Bonchev–Trinajstić information content (AvgIpc) is 3.29. The summed E-state index contributed by atoms with van der Waals surface area (Å²) in [6.45, 7) is 11.1. The Morgan fingerprint density at radius 1 is 0.686 bits per heavy atom. The summed E-state index contributed by atoms with van der Waals surface area (Å²) in [4.78, 5) is 34.3. The first kappa shape index (κ1) is 86.3. The Balaban J connectivity index is -0.00000111. The Bertz CT molecular complexity index is 3350. The van der Waals surface area contributed by atoms with Crippen LogP contribution in [-0.2, 0) is 58.2 Å². The maximum atomic E-state index is 13.0. The number of rotatable bonds is 16. The van der Waals surface area contributed by atoms with E-state index in [9.17, 15) is 44.3 Å². The molecule has 21 nitrogen and oxygen atoms in total. The molecule has 4 heterocycles. The molecule has 3 atom stereocenters. The molecule has 2 amide bonds. The molecule has 0 spiro atoms. The maximum absolute atomic E-state index is 13.0. The molecule has 481 valence electrons. The third-order valence-corrected chi connectivity index (χ3v) is 13.7. The number of unbranched alkanes of at least 4 members (excludes halogenated alkanes) is 1. The van der Waals surface area contributed by atoms with E-state index in [1.54, 1.807) is 64.5 Å². The fourth-order valence-electron chi connectivity index (χ4n) is 6.45. The summed E-state index contributed by atoms with van der Waals surface area (Å²) in [7, 11) is -13.1. The number of alkyl halides is 6. The second-order valence-electron chi connectivity index (χ2n) is 17.1. The van der Waals surface area contributed by atoms with E-state index in [1.807, 2.05) is 58.2 Å². The zero-order chi connectivity index (χ0) is 63.7. The van der Waals surface area contributed by atoms with Gasteiger partial charge in [0.05, 0.1) is 63.3 Å². The van der Waals surface area contributed by atoms with Crippen molar-refractivity contribution in [3.63, 3.8) is 0 Å². The molecule has 6 rings (SSSR count). The number of hydrogen-bond donors (Lipinski definition) is 5. The third-order valence-electron chi connectivity index (χ3n) is 10.5. The van der Waals surface area contributed by atoms with Crippen molar-refractivity contribution in [2.24, 2.45) is 0 Å². The zero-order valence-electron chi connectivity index (χ0n) is 46.8. The fourth-order valence-corrected chi connectivity index (χ4v) is 7.68. The van der Waals surface area contributed by atoms with E-state index >= 15 is 0 Å². The maximum Gasteiger partial charge on any atom is 1.00 e. The molecule has 0 aliphatic heterocycles. The Hall–Kier alpha value is -3.90. The molecule has 86 heavy (non-hydrogen) atoms.